The van der Waals surface area contributed by atoms with Gasteiger partial charge in [0.1, 0.15) is 12.6 Å². The monoisotopic (exact) mass is 573 g/mol. The van der Waals surface area contributed by atoms with E-state index < -0.39 is 0 Å². The molecule has 4 atom stereocenters. The molecule has 0 saturated carbocycles. The van der Waals surface area contributed by atoms with Gasteiger partial charge in [0.25, 0.3) is 0 Å². The third-order valence-electron chi connectivity index (χ3n) is 6.05. The van der Waals surface area contributed by atoms with E-state index in [2.05, 4.69) is 18.2 Å². The number of fused-ring (bicyclic) bond motifs is 2. The van der Waals surface area contributed by atoms with E-state index in [9.17, 15) is 9.18 Å². The maximum Gasteiger partial charge on any atom is 5.00 e. The molecule has 31 heavy (non-hydrogen) atoms. The predicted octanol–water partition coefficient (Wildman–Crippen LogP) is 1.24. The Bertz CT molecular complexity index is 644. The van der Waals surface area contributed by atoms with Gasteiger partial charge in [0.15, 0.2) is 0 Å². The first kappa shape index (κ1) is 30.9. The molecular formula is C22H32ClFNO3S2Tc+4. The molecule has 2 bridgehead atoms. The number of hydrogen-bond donors (Lipinski definition) is 0. The Morgan fingerprint density at radius 3 is 2.52 bits per heavy atom. The first-order valence-corrected chi connectivity index (χ1v) is 12.6. The molecule has 2 heterocycles. The smallest absolute Gasteiger partial charge is 1.00 e. The zero-order chi connectivity index (χ0) is 21.2. The molecule has 4 unspecified atom stereocenters. The van der Waals surface area contributed by atoms with Crippen molar-refractivity contribution in [3.63, 3.8) is 0 Å². The summed E-state index contributed by atoms with van der Waals surface area (Å²) in [4.78, 5) is 22.7. The molecule has 0 N–H and O–H groups in total. The third-order valence-corrected chi connectivity index (χ3v) is 7.91. The molecular weight excluding hydrogens is 543 g/mol. The van der Waals surface area contributed by atoms with Gasteiger partial charge < -0.3 is 26.8 Å². The summed E-state index contributed by atoms with van der Waals surface area (Å²) in [6, 6.07) is 7.94. The number of carbonyl (C=O) groups excluding carboxylic acids is 2. The van der Waals surface area contributed by atoms with Crippen LogP contribution < -0.4 is 12.4 Å². The van der Waals surface area contributed by atoms with Crippen molar-refractivity contribution in [1.29, 1.82) is 0 Å². The number of benzene rings is 1. The van der Waals surface area contributed by atoms with Gasteiger partial charge in [-0.15, -0.1) is 0 Å². The topological polar surface area (TPSA) is 46.6 Å². The molecule has 0 aliphatic carbocycles. The Morgan fingerprint density at radius 1 is 1.19 bits per heavy atom. The quantitative estimate of drug-likeness (QED) is 0.327. The number of thioether (sulfide) groups is 2. The van der Waals surface area contributed by atoms with Crippen molar-refractivity contribution in [3.05, 3.63) is 35.6 Å². The summed E-state index contributed by atoms with van der Waals surface area (Å²) >= 11 is 3.64. The number of carbonyl (C=O) groups is 2. The minimum atomic E-state index is -0.198. The van der Waals surface area contributed by atoms with Crippen LogP contribution in [0.1, 0.15) is 37.2 Å². The molecule has 2 saturated heterocycles. The van der Waals surface area contributed by atoms with E-state index in [0.717, 1.165) is 30.1 Å². The second-order valence-corrected chi connectivity index (χ2v) is 9.77. The number of piperidine rings is 1. The van der Waals surface area contributed by atoms with Gasteiger partial charge in [-0.1, -0.05) is 12.1 Å². The van der Waals surface area contributed by atoms with E-state index in [-0.39, 0.29) is 50.2 Å². The molecule has 2 fully saturated rings. The van der Waals surface area contributed by atoms with Crippen molar-refractivity contribution in [2.24, 2.45) is 5.92 Å². The van der Waals surface area contributed by atoms with Crippen LogP contribution >= 0.6 is 23.5 Å². The second-order valence-electron chi connectivity index (χ2n) is 7.56. The van der Waals surface area contributed by atoms with E-state index in [4.69, 9.17) is 9.53 Å². The molecule has 2 aliphatic heterocycles. The van der Waals surface area contributed by atoms with Crippen LogP contribution in [-0.4, -0.2) is 66.9 Å². The average Bonchev–Trinajstić information content (AvgIpc) is 2.98. The molecule has 3 rings (SSSR count). The second kappa shape index (κ2) is 16.5. The van der Waals surface area contributed by atoms with Crippen LogP contribution in [0.15, 0.2) is 24.3 Å². The zero-order valence-corrected chi connectivity index (χ0v) is 22.4. The first-order chi connectivity index (χ1) is 14.1. The summed E-state index contributed by atoms with van der Waals surface area (Å²) in [5.74, 6) is 3.37. The molecule has 0 aromatic heterocycles. The standard InChI is InChI=1S/C21H30FNO2S2.CH2O.ClH.Tc/c1-23-17-7-8-20(23)19(14-25-21(24)9-10-27-12-11-26-2)18(13-17)15-3-5-16(22)6-4-15;1-2;;/h3-6,17-20H,7-14H2,1-2H3;1H2;1H;/q;;;+5/p-1. The predicted molar refractivity (Wildman–Crippen MR) is 120 cm³/mol. The van der Waals surface area contributed by atoms with Crippen molar-refractivity contribution in [2.45, 2.75) is 43.7 Å². The molecule has 9 heteroatoms. The van der Waals surface area contributed by atoms with Crippen LogP contribution in [0.3, 0.4) is 0 Å². The summed E-state index contributed by atoms with van der Waals surface area (Å²) in [7, 11) is 2.19. The minimum absolute atomic E-state index is 0. The van der Waals surface area contributed by atoms with E-state index in [1.54, 1.807) is 12.1 Å². The number of halogens is 2. The van der Waals surface area contributed by atoms with Gasteiger partial charge in [-0.2, -0.15) is 23.5 Å². The summed E-state index contributed by atoms with van der Waals surface area (Å²) in [5, 5.41) is 0. The molecule has 1 aromatic rings. The van der Waals surface area contributed by atoms with Crippen molar-refractivity contribution < 1.29 is 51.2 Å². The summed E-state index contributed by atoms with van der Waals surface area (Å²) in [6.45, 7) is 2.47. The van der Waals surface area contributed by atoms with Crippen LogP contribution in [-0.2, 0) is 34.4 Å². The maximum atomic E-state index is 13.3. The fourth-order valence-electron chi connectivity index (χ4n) is 4.56. The van der Waals surface area contributed by atoms with Crippen LogP contribution in [0.25, 0.3) is 0 Å². The number of nitrogens with zero attached hydrogens (tertiary/aromatic N) is 1. The van der Waals surface area contributed by atoms with Gasteiger partial charge in [-0.05, 0) is 56.2 Å². The zero-order valence-electron chi connectivity index (χ0n) is 18.1. The van der Waals surface area contributed by atoms with Gasteiger partial charge >= 0.3 is 26.1 Å². The Morgan fingerprint density at radius 2 is 1.87 bits per heavy atom. The Kier molecular flexibility index (Phi) is 16.4. The minimum Gasteiger partial charge on any atom is -1.00 e. The normalized spacial score (nSPS) is 24.2. The van der Waals surface area contributed by atoms with Crippen molar-refractivity contribution >= 4 is 36.3 Å². The SMILES string of the molecule is C=O.CSCCSCCC(=O)OCC1C(c2ccc(F)cc2)CC2CCC1N2C.[Cl-].[Tc+5]. The number of hydrogen-bond acceptors (Lipinski definition) is 6. The molecule has 172 valence electrons. The Labute approximate surface area is 214 Å². The van der Waals surface area contributed by atoms with Crippen molar-refractivity contribution in [2.75, 3.05) is 37.2 Å². The van der Waals surface area contributed by atoms with E-state index in [1.165, 1.54) is 12.0 Å². The van der Waals surface area contributed by atoms with Crippen LogP contribution in [0.4, 0.5) is 4.39 Å². The molecule has 0 spiro atoms. The van der Waals surface area contributed by atoms with Crippen molar-refractivity contribution in [1.82, 2.24) is 4.90 Å². The fraction of sp³-hybridized carbons (Fsp3) is 0.636. The Hall–Kier alpha value is -0.111. The molecule has 4 nitrogen and oxygen atoms in total. The fourth-order valence-corrected chi connectivity index (χ4v) is 6.21. The van der Waals surface area contributed by atoms with Gasteiger partial charge in [0, 0.05) is 35.3 Å². The van der Waals surface area contributed by atoms with Crippen LogP contribution in [0.2, 0.25) is 0 Å². The number of esters is 1. The average molecular weight is 575 g/mol. The summed E-state index contributed by atoms with van der Waals surface area (Å²) in [5.41, 5.74) is 1.18. The summed E-state index contributed by atoms with van der Waals surface area (Å²) < 4.78 is 19.1. The first-order valence-electron chi connectivity index (χ1n) is 10.1. The number of ether oxygens (including phenoxy) is 1. The van der Waals surface area contributed by atoms with Crippen LogP contribution in [0, 0.1) is 11.7 Å². The number of rotatable bonds is 9. The van der Waals surface area contributed by atoms with Gasteiger partial charge in [-0.3, -0.25) is 4.79 Å². The van der Waals surface area contributed by atoms with Gasteiger partial charge in [-0.25, -0.2) is 4.39 Å². The van der Waals surface area contributed by atoms with E-state index in [1.807, 2.05) is 42.4 Å². The van der Waals surface area contributed by atoms with Gasteiger partial charge in [0.05, 0.1) is 13.0 Å². The molecule has 0 amide bonds. The van der Waals surface area contributed by atoms with Crippen LogP contribution in [0.5, 0.6) is 0 Å². The largest absolute Gasteiger partial charge is 5.00 e. The third kappa shape index (κ3) is 8.98. The summed E-state index contributed by atoms with van der Waals surface area (Å²) in [6.07, 6.45) is 6.00. The Balaban J connectivity index is 0.00000219. The van der Waals surface area contributed by atoms with E-state index in [0.29, 0.717) is 31.0 Å². The maximum absolute atomic E-state index is 13.3. The van der Waals surface area contributed by atoms with Gasteiger partial charge in [0.2, 0.25) is 0 Å². The van der Waals surface area contributed by atoms with Crippen molar-refractivity contribution in [3.8, 4) is 0 Å². The molecule has 1 aromatic carbocycles. The molecule has 2 aliphatic rings. The van der Waals surface area contributed by atoms with E-state index >= 15 is 0 Å². The molecule has 0 radical (unpaired) electrons.